The highest BCUT2D eigenvalue weighted by Gasteiger charge is 2.33. The quantitative estimate of drug-likeness (QED) is 0.526. The predicted octanol–water partition coefficient (Wildman–Crippen LogP) is 2.57. The Labute approximate surface area is 76.3 Å². The lowest BCUT2D eigenvalue weighted by Crippen LogP contribution is -2.07. The standard InChI is InChI=1S/C7H3ClF3NO/c8-6-5(7(9,10)11)2-1-4(3-13)12-6/h1-3H. The van der Waals surface area contributed by atoms with E-state index in [-0.39, 0.29) is 5.69 Å². The highest BCUT2D eigenvalue weighted by atomic mass is 35.5. The third kappa shape index (κ3) is 2.18. The normalized spacial score (nSPS) is 11.4. The first kappa shape index (κ1) is 9.98. The van der Waals surface area contributed by atoms with Gasteiger partial charge in [0, 0.05) is 0 Å². The van der Waals surface area contributed by atoms with E-state index in [9.17, 15) is 18.0 Å². The first-order valence-corrected chi connectivity index (χ1v) is 3.52. The number of halogens is 4. The molecule has 6 heteroatoms. The second-order valence-corrected chi connectivity index (χ2v) is 2.55. The predicted molar refractivity (Wildman–Crippen MR) is 39.6 cm³/mol. The molecule has 0 radical (unpaired) electrons. The van der Waals surface area contributed by atoms with Gasteiger partial charge in [-0.3, -0.25) is 4.79 Å². The minimum absolute atomic E-state index is 0.127. The minimum Gasteiger partial charge on any atom is -0.296 e. The van der Waals surface area contributed by atoms with Crippen LogP contribution in [0, 0.1) is 0 Å². The third-order valence-corrected chi connectivity index (χ3v) is 1.58. The molecule has 0 fully saturated rings. The van der Waals surface area contributed by atoms with Crippen LogP contribution in [0.4, 0.5) is 13.2 Å². The lowest BCUT2D eigenvalue weighted by Gasteiger charge is -2.07. The van der Waals surface area contributed by atoms with Gasteiger partial charge in [0.1, 0.15) is 10.8 Å². The van der Waals surface area contributed by atoms with E-state index in [1.807, 2.05) is 0 Å². The lowest BCUT2D eigenvalue weighted by molar-refractivity contribution is -0.137. The van der Waals surface area contributed by atoms with E-state index < -0.39 is 16.9 Å². The van der Waals surface area contributed by atoms with Crippen molar-refractivity contribution in [3.05, 3.63) is 28.5 Å². The smallest absolute Gasteiger partial charge is 0.296 e. The van der Waals surface area contributed by atoms with E-state index >= 15 is 0 Å². The van der Waals surface area contributed by atoms with E-state index in [0.29, 0.717) is 6.29 Å². The Balaban J connectivity index is 3.20. The number of aromatic nitrogens is 1. The fourth-order valence-corrected chi connectivity index (χ4v) is 0.993. The van der Waals surface area contributed by atoms with Crippen LogP contribution in [0.5, 0.6) is 0 Å². The molecule has 1 rings (SSSR count). The van der Waals surface area contributed by atoms with Crippen molar-refractivity contribution < 1.29 is 18.0 Å². The molecule has 0 unspecified atom stereocenters. The third-order valence-electron chi connectivity index (χ3n) is 1.30. The van der Waals surface area contributed by atoms with Crippen molar-refractivity contribution in [2.75, 3.05) is 0 Å². The average Bonchev–Trinajstić information content (AvgIpc) is 2.01. The molecule has 0 aliphatic carbocycles. The van der Waals surface area contributed by atoms with Crippen LogP contribution < -0.4 is 0 Å². The number of hydrogen-bond donors (Lipinski definition) is 0. The van der Waals surface area contributed by atoms with Gasteiger partial charge in [0.2, 0.25) is 0 Å². The van der Waals surface area contributed by atoms with E-state index in [1.54, 1.807) is 0 Å². The second-order valence-electron chi connectivity index (χ2n) is 2.19. The topological polar surface area (TPSA) is 30.0 Å². The van der Waals surface area contributed by atoms with Gasteiger partial charge in [-0.05, 0) is 12.1 Å². The Kier molecular flexibility index (Phi) is 2.56. The monoisotopic (exact) mass is 209 g/mol. The van der Waals surface area contributed by atoms with Gasteiger partial charge in [-0.15, -0.1) is 0 Å². The van der Waals surface area contributed by atoms with Crippen molar-refractivity contribution in [2.24, 2.45) is 0 Å². The maximum absolute atomic E-state index is 12.1. The first-order chi connectivity index (χ1) is 5.95. The van der Waals surface area contributed by atoms with Crippen molar-refractivity contribution in [1.29, 1.82) is 0 Å². The summed E-state index contributed by atoms with van der Waals surface area (Å²) in [7, 11) is 0. The molecule has 0 saturated heterocycles. The van der Waals surface area contributed by atoms with Gasteiger partial charge in [0.15, 0.2) is 6.29 Å². The van der Waals surface area contributed by atoms with E-state index in [1.165, 1.54) is 0 Å². The lowest BCUT2D eigenvalue weighted by atomic mass is 10.2. The van der Waals surface area contributed by atoms with Crippen LogP contribution in [-0.4, -0.2) is 11.3 Å². The summed E-state index contributed by atoms with van der Waals surface area (Å²) in [4.78, 5) is 13.4. The zero-order valence-corrected chi connectivity index (χ0v) is 6.86. The number of carbonyl (C=O) groups excluding carboxylic acids is 1. The summed E-state index contributed by atoms with van der Waals surface area (Å²) in [5, 5.41) is -0.711. The van der Waals surface area contributed by atoms with Gasteiger partial charge in [0.25, 0.3) is 0 Å². The van der Waals surface area contributed by atoms with Crippen LogP contribution in [0.1, 0.15) is 16.1 Å². The Morgan fingerprint density at radius 2 is 2.00 bits per heavy atom. The van der Waals surface area contributed by atoms with Crippen molar-refractivity contribution in [2.45, 2.75) is 6.18 Å². The molecule has 0 spiro atoms. The van der Waals surface area contributed by atoms with Crippen LogP contribution in [0.25, 0.3) is 0 Å². The fraction of sp³-hybridized carbons (Fsp3) is 0.143. The summed E-state index contributed by atoms with van der Waals surface area (Å²) in [5.41, 5.74) is -1.17. The molecule has 0 bridgehead atoms. The van der Waals surface area contributed by atoms with Gasteiger partial charge >= 0.3 is 6.18 Å². The fourth-order valence-electron chi connectivity index (χ4n) is 0.725. The number of alkyl halides is 3. The molecule has 0 saturated carbocycles. The highest BCUT2D eigenvalue weighted by molar-refractivity contribution is 6.30. The van der Waals surface area contributed by atoms with Gasteiger partial charge in [-0.25, -0.2) is 4.98 Å². The molecule has 2 nitrogen and oxygen atoms in total. The first-order valence-electron chi connectivity index (χ1n) is 3.14. The molecular formula is C7H3ClF3NO. The van der Waals surface area contributed by atoms with Crippen LogP contribution in [-0.2, 0) is 6.18 Å². The molecule has 0 aromatic carbocycles. The summed E-state index contributed by atoms with van der Waals surface area (Å²) in [6.07, 6.45) is -4.21. The van der Waals surface area contributed by atoms with Crippen molar-refractivity contribution in [1.82, 2.24) is 4.98 Å². The molecule has 1 heterocycles. The SMILES string of the molecule is O=Cc1ccc(C(F)(F)F)c(Cl)n1. The number of carbonyl (C=O) groups is 1. The average molecular weight is 210 g/mol. The van der Waals surface area contributed by atoms with Gasteiger partial charge in [-0.2, -0.15) is 13.2 Å². The summed E-state index contributed by atoms with van der Waals surface area (Å²) in [6.45, 7) is 0. The number of hydrogen-bond acceptors (Lipinski definition) is 2. The molecular weight excluding hydrogens is 207 g/mol. The maximum Gasteiger partial charge on any atom is 0.419 e. The molecule has 0 atom stereocenters. The molecule has 0 aliphatic heterocycles. The molecule has 0 amide bonds. The van der Waals surface area contributed by atoms with Gasteiger partial charge in [0.05, 0.1) is 5.56 Å². The largest absolute Gasteiger partial charge is 0.419 e. The van der Waals surface area contributed by atoms with Gasteiger partial charge in [-0.1, -0.05) is 11.6 Å². The van der Waals surface area contributed by atoms with E-state index in [2.05, 4.69) is 4.98 Å². The van der Waals surface area contributed by atoms with Crippen LogP contribution in [0.2, 0.25) is 5.15 Å². The zero-order valence-electron chi connectivity index (χ0n) is 6.10. The van der Waals surface area contributed by atoms with Crippen molar-refractivity contribution in [3.8, 4) is 0 Å². The summed E-state index contributed by atoms with van der Waals surface area (Å²) < 4.78 is 36.2. The van der Waals surface area contributed by atoms with E-state index in [4.69, 9.17) is 11.6 Å². The minimum atomic E-state index is -4.54. The maximum atomic E-state index is 12.1. The summed E-state index contributed by atoms with van der Waals surface area (Å²) >= 11 is 5.20. The number of aldehydes is 1. The number of nitrogens with zero attached hydrogens (tertiary/aromatic N) is 1. The number of pyridine rings is 1. The van der Waals surface area contributed by atoms with E-state index in [0.717, 1.165) is 12.1 Å². The Morgan fingerprint density at radius 3 is 2.38 bits per heavy atom. The molecule has 0 N–H and O–H groups in total. The molecule has 0 aliphatic rings. The second kappa shape index (κ2) is 3.33. The molecule has 70 valence electrons. The Bertz CT molecular complexity index is 337. The van der Waals surface area contributed by atoms with Crippen LogP contribution in [0.3, 0.4) is 0 Å². The summed E-state index contributed by atoms with van der Waals surface area (Å²) in [5.74, 6) is 0. The number of rotatable bonds is 1. The summed E-state index contributed by atoms with van der Waals surface area (Å²) in [6, 6.07) is 1.68. The van der Waals surface area contributed by atoms with Gasteiger partial charge < -0.3 is 0 Å². The zero-order chi connectivity index (χ0) is 10.1. The molecule has 13 heavy (non-hydrogen) atoms. The van der Waals surface area contributed by atoms with Crippen molar-refractivity contribution >= 4 is 17.9 Å². The van der Waals surface area contributed by atoms with Crippen LogP contribution >= 0.6 is 11.6 Å². The van der Waals surface area contributed by atoms with Crippen LogP contribution in [0.15, 0.2) is 12.1 Å². The highest BCUT2D eigenvalue weighted by Crippen LogP contribution is 2.33. The Hall–Kier alpha value is -1.10. The molecule has 1 aromatic rings. The Morgan fingerprint density at radius 1 is 1.38 bits per heavy atom. The molecule has 1 aromatic heterocycles. The van der Waals surface area contributed by atoms with Crippen molar-refractivity contribution in [3.63, 3.8) is 0 Å².